The fourth-order valence-corrected chi connectivity index (χ4v) is 5.50. The monoisotopic (exact) mass is 613 g/mol. The van der Waals surface area contributed by atoms with Crippen LogP contribution < -0.4 is 21.3 Å². The SMILES string of the molecule is CC(C)n1nnc2cc(C(=O)NC3CCCN(c4nnc(C(N)=O)c(Nc5ccc(C(=O)N6CCOCC6)cc5)n4)C3)ccc21. The molecule has 0 aliphatic carbocycles. The summed E-state index contributed by atoms with van der Waals surface area (Å²) in [5, 5.41) is 22.8. The number of nitrogens with zero attached hydrogens (tertiary/aromatic N) is 8. The van der Waals surface area contributed by atoms with Crippen LogP contribution in [0.3, 0.4) is 0 Å². The van der Waals surface area contributed by atoms with E-state index in [2.05, 4.69) is 36.1 Å². The van der Waals surface area contributed by atoms with Crippen molar-refractivity contribution in [3.8, 4) is 0 Å². The molecule has 2 aromatic heterocycles. The number of nitrogens with one attached hydrogen (secondary N) is 2. The van der Waals surface area contributed by atoms with Crippen LogP contribution in [-0.4, -0.2) is 98.2 Å². The lowest BCUT2D eigenvalue weighted by molar-refractivity contribution is 0.0303. The van der Waals surface area contributed by atoms with Gasteiger partial charge in [-0.15, -0.1) is 15.3 Å². The van der Waals surface area contributed by atoms with Gasteiger partial charge in [0, 0.05) is 55.1 Å². The van der Waals surface area contributed by atoms with Gasteiger partial charge >= 0.3 is 0 Å². The maximum atomic E-state index is 13.2. The lowest BCUT2D eigenvalue weighted by Crippen LogP contribution is -2.48. The Morgan fingerprint density at radius 2 is 1.73 bits per heavy atom. The minimum atomic E-state index is -0.780. The number of fused-ring (bicyclic) bond motifs is 1. The van der Waals surface area contributed by atoms with E-state index >= 15 is 0 Å². The van der Waals surface area contributed by atoms with Crippen LogP contribution in [0.2, 0.25) is 0 Å². The summed E-state index contributed by atoms with van der Waals surface area (Å²) < 4.78 is 7.15. The first kappa shape index (κ1) is 29.9. The van der Waals surface area contributed by atoms with E-state index in [9.17, 15) is 14.4 Å². The van der Waals surface area contributed by atoms with E-state index in [1.54, 1.807) is 41.3 Å². The maximum Gasteiger partial charge on any atom is 0.273 e. The number of rotatable bonds is 8. The molecule has 15 heteroatoms. The van der Waals surface area contributed by atoms with Crippen LogP contribution >= 0.6 is 0 Å². The molecule has 2 aromatic carbocycles. The number of aromatic nitrogens is 6. The first-order valence-corrected chi connectivity index (χ1v) is 15.0. The number of morpholine rings is 1. The summed E-state index contributed by atoms with van der Waals surface area (Å²) in [6, 6.07) is 12.3. The average molecular weight is 614 g/mol. The normalized spacial score (nSPS) is 17.0. The highest BCUT2D eigenvalue weighted by atomic mass is 16.5. The van der Waals surface area contributed by atoms with Crippen molar-refractivity contribution >= 4 is 46.2 Å². The Balaban J connectivity index is 1.14. The van der Waals surface area contributed by atoms with Crippen LogP contribution in [0, 0.1) is 0 Å². The van der Waals surface area contributed by atoms with Gasteiger partial charge in [0.25, 0.3) is 17.7 Å². The first-order chi connectivity index (χ1) is 21.8. The van der Waals surface area contributed by atoms with Crippen LogP contribution in [0.15, 0.2) is 42.5 Å². The molecule has 4 aromatic rings. The molecule has 0 spiro atoms. The van der Waals surface area contributed by atoms with Crippen molar-refractivity contribution < 1.29 is 19.1 Å². The highest BCUT2D eigenvalue weighted by Gasteiger charge is 2.26. The zero-order valence-electron chi connectivity index (χ0n) is 25.1. The van der Waals surface area contributed by atoms with E-state index < -0.39 is 5.91 Å². The van der Waals surface area contributed by atoms with E-state index in [1.807, 2.05) is 29.5 Å². The molecule has 45 heavy (non-hydrogen) atoms. The summed E-state index contributed by atoms with van der Waals surface area (Å²) in [5.74, 6) is -0.609. The Morgan fingerprint density at radius 3 is 2.47 bits per heavy atom. The summed E-state index contributed by atoms with van der Waals surface area (Å²) in [4.78, 5) is 46.4. The van der Waals surface area contributed by atoms with Crippen molar-refractivity contribution in [3.05, 3.63) is 59.3 Å². The van der Waals surface area contributed by atoms with E-state index in [4.69, 9.17) is 10.5 Å². The van der Waals surface area contributed by atoms with Gasteiger partial charge in [-0.1, -0.05) is 5.21 Å². The third-order valence-electron chi connectivity index (χ3n) is 7.86. The molecule has 6 rings (SSSR count). The van der Waals surface area contributed by atoms with Gasteiger partial charge in [0.05, 0.1) is 18.7 Å². The molecule has 0 bridgehead atoms. The van der Waals surface area contributed by atoms with Crippen LogP contribution in [0.5, 0.6) is 0 Å². The third-order valence-corrected chi connectivity index (χ3v) is 7.86. The standard InChI is InChI=1S/C30H35N11O4/c1-18(2)41-24-10-7-20(16-23(24)35-38-41)28(43)33-22-4-3-11-40(17-22)30-34-27(25(26(31)42)36-37-30)32-21-8-5-19(6-9-21)29(44)39-12-14-45-15-13-39/h5-10,16,18,22H,3-4,11-15,17H2,1-2H3,(H2,31,42)(H,33,43)(H,32,34,37). The number of primary amides is 1. The van der Waals surface area contributed by atoms with Gasteiger partial charge in [-0.3, -0.25) is 14.4 Å². The number of carbonyl (C=O) groups excluding carboxylic acids is 3. The molecule has 15 nitrogen and oxygen atoms in total. The predicted molar refractivity (Wildman–Crippen MR) is 165 cm³/mol. The molecule has 2 aliphatic heterocycles. The summed E-state index contributed by atoms with van der Waals surface area (Å²) in [7, 11) is 0. The Morgan fingerprint density at radius 1 is 0.978 bits per heavy atom. The average Bonchev–Trinajstić information content (AvgIpc) is 3.49. The number of hydrogen-bond donors (Lipinski definition) is 3. The Labute approximate surface area is 259 Å². The Hall–Kier alpha value is -5.18. The maximum absolute atomic E-state index is 13.2. The van der Waals surface area contributed by atoms with Crippen LogP contribution in [-0.2, 0) is 4.74 Å². The van der Waals surface area contributed by atoms with E-state index in [1.165, 1.54) is 0 Å². The second-order valence-corrected chi connectivity index (χ2v) is 11.4. The number of piperidine rings is 1. The lowest BCUT2D eigenvalue weighted by Gasteiger charge is -2.33. The molecule has 0 radical (unpaired) electrons. The minimum absolute atomic E-state index is 0.0696. The predicted octanol–water partition coefficient (Wildman–Crippen LogP) is 1.91. The zero-order valence-corrected chi connectivity index (χ0v) is 25.1. The van der Waals surface area contributed by atoms with Crippen molar-refractivity contribution in [2.75, 3.05) is 49.6 Å². The van der Waals surface area contributed by atoms with Crippen LogP contribution in [0.25, 0.3) is 11.0 Å². The highest BCUT2D eigenvalue weighted by molar-refractivity contribution is 5.98. The van der Waals surface area contributed by atoms with Crippen molar-refractivity contribution in [1.29, 1.82) is 0 Å². The minimum Gasteiger partial charge on any atom is -0.378 e. The second kappa shape index (κ2) is 12.8. The Bertz CT molecular complexity index is 1720. The molecular weight excluding hydrogens is 578 g/mol. The zero-order chi connectivity index (χ0) is 31.5. The van der Waals surface area contributed by atoms with Gasteiger partial charge in [-0.05, 0) is 69.2 Å². The highest BCUT2D eigenvalue weighted by Crippen LogP contribution is 2.23. The molecule has 234 valence electrons. The molecule has 3 amide bonds. The lowest BCUT2D eigenvalue weighted by atomic mass is 10.1. The van der Waals surface area contributed by atoms with Gasteiger partial charge in [-0.25, -0.2) is 4.68 Å². The molecule has 4 N–H and O–H groups in total. The first-order valence-electron chi connectivity index (χ1n) is 15.0. The molecule has 0 saturated carbocycles. The van der Waals surface area contributed by atoms with Gasteiger partial charge < -0.3 is 30.9 Å². The van der Waals surface area contributed by atoms with Crippen molar-refractivity contribution in [1.82, 2.24) is 40.4 Å². The molecule has 1 unspecified atom stereocenters. The number of carbonyl (C=O) groups is 3. The number of amides is 3. The molecule has 1 atom stereocenters. The van der Waals surface area contributed by atoms with Gasteiger partial charge in [0.1, 0.15) is 5.52 Å². The number of hydrogen-bond acceptors (Lipinski definition) is 11. The molecule has 2 aliphatic rings. The summed E-state index contributed by atoms with van der Waals surface area (Å²) in [6.07, 6.45) is 1.57. The number of benzene rings is 2. The molecule has 2 fully saturated rings. The van der Waals surface area contributed by atoms with Gasteiger partial charge in [0.15, 0.2) is 11.5 Å². The van der Waals surface area contributed by atoms with Gasteiger partial charge in [-0.2, -0.15) is 4.98 Å². The van der Waals surface area contributed by atoms with Crippen molar-refractivity contribution in [3.63, 3.8) is 0 Å². The van der Waals surface area contributed by atoms with Crippen LogP contribution in [0.1, 0.15) is 63.9 Å². The summed E-state index contributed by atoms with van der Waals surface area (Å²) >= 11 is 0. The fraction of sp³-hybridized carbons (Fsp3) is 0.400. The van der Waals surface area contributed by atoms with E-state index in [0.717, 1.165) is 18.4 Å². The number of nitrogens with two attached hydrogens (primary N) is 1. The molecular formula is C30H35N11O4. The van der Waals surface area contributed by atoms with Crippen LogP contribution in [0.4, 0.5) is 17.5 Å². The molecule has 2 saturated heterocycles. The Kier molecular flexibility index (Phi) is 8.51. The van der Waals surface area contributed by atoms with Gasteiger partial charge in [0.2, 0.25) is 5.95 Å². The quantitative estimate of drug-likeness (QED) is 0.263. The van der Waals surface area contributed by atoms with Crippen molar-refractivity contribution in [2.45, 2.75) is 38.8 Å². The summed E-state index contributed by atoms with van der Waals surface area (Å²) in [6.45, 7) is 7.29. The number of anilines is 3. The second-order valence-electron chi connectivity index (χ2n) is 11.4. The smallest absolute Gasteiger partial charge is 0.273 e. The molecule has 4 heterocycles. The largest absolute Gasteiger partial charge is 0.378 e. The topological polar surface area (TPSA) is 186 Å². The van der Waals surface area contributed by atoms with Crippen molar-refractivity contribution in [2.24, 2.45) is 5.73 Å². The van der Waals surface area contributed by atoms with E-state index in [-0.39, 0.29) is 35.4 Å². The fourth-order valence-electron chi connectivity index (χ4n) is 5.50. The third kappa shape index (κ3) is 6.52. The summed E-state index contributed by atoms with van der Waals surface area (Å²) in [5.41, 5.74) is 8.63. The number of ether oxygens (including phenoxy) is 1. The van der Waals surface area contributed by atoms with E-state index in [0.29, 0.717) is 67.7 Å².